The number of hydrogen-bond acceptors (Lipinski definition) is 7. The van der Waals surface area contributed by atoms with Gasteiger partial charge in [-0.15, -0.1) is 0 Å². The first-order valence-electron chi connectivity index (χ1n) is 29.4. The zero-order valence-corrected chi connectivity index (χ0v) is 46.8. The molecule has 0 aliphatic heterocycles. The van der Waals surface area contributed by atoms with E-state index in [9.17, 15) is 19.0 Å². The number of phosphoric acid groups is 1. The number of carbonyl (C=O) groups is 2. The third-order valence-corrected chi connectivity index (χ3v) is 14.3. The predicted octanol–water partition coefficient (Wildman–Crippen LogP) is 18.0. The van der Waals surface area contributed by atoms with Crippen LogP contribution in [-0.4, -0.2) is 74.9 Å². The molecule has 0 fully saturated rings. The zero-order valence-electron chi connectivity index (χ0n) is 45.9. The molecular formula is C58H115NO8P+. The second-order valence-corrected chi connectivity index (χ2v) is 22.8. The van der Waals surface area contributed by atoms with Gasteiger partial charge in [-0.2, -0.15) is 0 Å². The van der Waals surface area contributed by atoms with Gasteiger partial charge in [-0.25, -0.2) is 4.57 Å². The highest BCUT2D eigenvalue weighted by Crippen LogP contribution is 2.43. The van der Waals surface area contributed by atoms with E-state index in [4.69, 9.17) is 18.5 Å². The van der Waals surface area contributed by atoms with Crippen LogP contribution in [-0.2, 0) is 32.7 Å². The minimum Gasteiger partial charge on any atom is -0.462 e. The van der Waals surface area contributed by atoms with E-state index in [-0.39, 0.29) is 25.6 Å². The Kier molecular flexibility index (Phi) is 49.8. The Morgan fingerprint density at radius 1 is 0.441 bits per heavy atom. The Balaban J connectivity index is 3.95. The fourth-order valence-corrected chi connectivity index (χ4v) is 9.46. The van der Waals surface area contributed by atoms with Crippen LogP contribution >= 0.6 is 7.82 Å². The van der Waals surface area contributed by atoms with E-state index >= 15 is 0 Å². The number of unbranched alkanes of at least 4 members (excludes halogenated alkanes) is 39. The van der Waals surface area contributed by atoms with Crippen LogP contribution in [0.1, 0.15) is 296 Å². The van der Waals surface area contributed by atoms with E-state index in [2.05, 4.69) is 26.0 Å². The standard InChI is InChI=1S/C58H114NO8P/c1-6-8-10-12-14-16-18-20-21-22-23-24-25-26-27-28-29-30-31-32-33-34-35-36-37-39-40-42-44-46-48-50-57(60)64-54-56(55-66-68(62,63)65-53-52-59(3,4)5)67-58(61)51-49-47-45-43-41-38-19-17-15-13-11-9-7-2/h17,19,56H,6-16,18,20-55H2,1-5H3/p+1/b19-17-. The van der Waals surface area contributed by atoms with Gasteiger partial charge in [0.15, 0.2) is 6.10 Å². The highest BCUT2D eigenvalue weighted by atomic mass is 31.2. The van der Waals surface area contributed by atoms with Gasteiger partial charge in [-0.1, -0.05) is 257 Å². The Bertz CT molecular complexity index is 1160. The molecule has 0 saturated carbocycles. The highest BCUT2D eigenvalue weighted by Gasteiger charge is 2.27. The number of likely N-dealkylation sites (N-methyl/N-ethyl adjacent to an activating group) is 1. The number of ether oxygens (including phenoxy) is 2. The van der Waals surface area contributed by atoms with Crippen LogP contribution in [0.15, 0.2) is 12.2 Å². The van der Waals surface area contributed by atoms with Crippen molar-refractivity contribution in [3.63, 3.8) is 0 Å². The monoisotopic (exact) mass is 985 g/mol. The van der Waals surface area contributed by atoms with E-state index in [0.29, 0.717) is 23.9 Å². The van der Waals surface area contributed by atoms with E-state index in [1.165, 1.54) is 212 Å². The zero-order chi connectivity index (χ0) is 49.9. The number of quaternary nitrogens is 1. The Morgan fingerprint density at radius 3 is 1.10 bits per heavy atom. The van der Waals surface area contributed by atoms with Crippen LogP contribution in [0.4, 0.5) is 0 Å². The number of esters is 2. The Labute approximate surface area is 422 Å². The molecule has 0 amide bonds. The number of phosphoric ester groups is 1. The van der Waals surface area contributed by atoms with Crippen molar-refractivity contribution in [2.45, 2.75) is 302 Å². The van der Waals surface area contributed by atoms with Crippen LogP contribution in [0.2, 0.25) is 0 Å². The second-order valence-electron chi connectivity index (χ2n) is 21.4. The fourth-order valence-electron chi connectivity index (χ4n) is 8.72. The lowest BCUT2D eigenvalue weighted by Gasteiger charge is -2.24. The summed E-state index contributed by atoms with van der Waals surface area (Å²) >= 11 is 0. The summed E-state index contributed by atoms with van der Waals surface area (Å²) < 4.78 is 34.5. The number of nitrogens with zero attached hydrogens (tertiary/aromatic N) is 1. The molecule has 9 nitrogen and oxygen atoms in total. The van der Waals surface area contributed by atoms with Crippen LogP contribution in [0.3, 0.4) is 0 Å². The van der Waals surface area contributed by atoms with Crippen molar-refractivity contribution in [1.82, 2.24) is 0 Å². The van der Waals surface area contributed by atoms with E-state index < -0.39 is 26.5 Å². The summed E-state index contributed by atoms with van der Waals surface area (Å²) in [7, 11) is 1.49. The summed E-state index contributed by atoms with van der Waals surface area (Å²) in [5.74, 6) is -0.792. The average Bonchev–Trinajstić information content (AvgIpc) is 3.30. The molecule has 2 atom stereocenters. The lowest BCUT2D eigenvalue weighted by molar-refractivity contribution is -0.870. The highest BCUT2D eigenvalue weighted by molar-refractivity contribution is 7.47. The quantitative estimate of drug-likeness (QED) is 0.0211. The minimum atomic E-state index is -4.38. The molecule has 0 saturated heterocycles. The molecule has 0 aliphatic rings. The van der Waals surface area contributed by atoms with Crippen molar-refractivity contribution in [1.29, 1.82) is 0 Å². The molecular weight excluding hydrogens is 870 g/mol. The van der Waals surface area contributed by atoms with Gasteiger partial charge in [0, 0.05) is 12.8 Å². The number of rotatable bonds is 55. The molecule has 0 aromatic carbocycles. The van der Waals surface area contributed by atoms with Crippen LogP contribution in [0.25, 0.3) is 0 Å². The summed E-state index contributed by atoms with van der Waals surface area (Å²) in [6.45, 7) is 4.45. The van der Waals surface area contributed by atoms with Crippen LogP contribution in [0.5, 0.6) is 0 Å². The SMILES string of the molecule is CCCCCC/C=C\CCCCCCCC(=O)OC(COC(=O)CCCCCCCCCCCCCCCCCCCCCCCCCCCCCCCCC)COP(=O)(O)OCC[N+](C)(C)C. The van der Waals surface area contributed by atoms with Crippen molar-refractivity contribution < 1.29 is 42.1 Å². The molecule has 10 heteroatoms. The van der Waals surface area contributed by atoms with Crippen LogP contribution in [0, 0.1) is 0 Å². The van der Waals surface area contributed by atoms with Crippen molar-refractivity contribution >= 4 is 19.8 Å². The predicted molar refractivity (Wildman–Crippen MR) is 289 cm³/mol. The third-order valence-electron chi connectivity index (χ3n) is 13.3. The summed E-state index contributed by atoms with van der Waals surface area (Å²) in [5.41, 5.74) is 0. The Morgan fingerprint density at radius 2 is 0.750 bits per heavy atom. The van der Waals surface area contributed by atoms with Gasteiger partial charge >= 0.3 is 19.8 Å². The first-order valence-corrected chi connectivity index (χ1v) is 30.9. The fraction of sp³-hybridized carbons (Fsp3) is 0.931. The molecule has 0 radical (unpaired) electrons. The van der Waals surface area contributed by atoms with Gasteiger partial charge < -0.3 is 18.9 Å². The number of carbonyl (C=O) groups excluding carboxylic acids is 2. The van der Waals surface area contributed by atoms with Gasteiger partial charge in [0.25, 0.3) is 0 Å². The maximum atomic E-state index is 12.7. The number of hydrogen-bond donors (Lipinski definition) is 1. The molecule has 0 aromatic heterocycles. The smallest absolute Gasteiger partial charge is 0.462 e. The van der Waals surface area contributed by atoms with Crippen LogP contribution < -0.4 is 0 Å². The third kappa shape index (κ3) is 54.1. The Hall–Kier alpha value is -1.25. The van der Waals surface area contributed by atoms with Crippen molar-refractivity contribution in [3.8, 4) is 0 Å². The van der Waals surface area contributed by atoms with E-state index in [0.717, 1.165) is 51.4 Å². The molecule has 0 aromatic rings. The van der Waals surface area contributed by atoms with Gasteiger partial charge in [0.2, 0.25) is 0 Å². The lowest BCUT2D eigenvalue weighted by Crippen LogP contribution is -2.37. The molecule has 2 unspecified atom stereocenters. The van der Waals surface area contributed by atoms with Gasteiger partial charge in [0.05, 0.1) is 27.7 Å². The second kappa shape index (κ2) is 50.7. The largest absolute Gasteiger partial charge is 0.472 e. The number of allylic oxidation sites excluding steroid dienone is 2. The van der Waals surface area contributed by atoms with E-state index in [1.807, 2.05) is 21.1 Å². The molecule has 404 valence electrons. The molecule has 0 spiro atoms. The average molecular weight is 986 g/mol. The normalized spacial score (nSPS) is 13.3. The first-order chi connectivity index (χ1) is 33.0. The topological polar surface area (TPSA) is 108 Å². The maximum absolute atomic E-state index is 12.7. The van der Waals surface area contributed by atoms with Gasteiger partial charge in [-0.3, -0.25) is 18.6 Å². The van der Waals surface area contributed by atoms with Crippen molar-refractivity contribution in [2.75, 3.05) is 47.5 Å². The minimum absolute atomic E-state index is 0.0335. The summed E-state index contributed by atoms with van der Waals surface area (Å²) in [5, 5.41) is 0. The van der Waals surface area contributed by atoms with E-state index in [1.54, 1.807) is 0 Å². The van der Waals surface area contributed by atoms with Gasteiger partial charge in [0.1, 0.15) is 19.8 Å². The van der Waals surface area contributed by atoms with Crippen molar-refractivity contribution in [2.24, 2.45) is 0 Å². The van der Waals surface area contributed by atoms with Crippen molar-refractivity contribution in [3.05, 3.63) is 12.2 Å². The maximum Gasteiger partial charge on any atom is 0.472 e. The molecule has 1 N–H and O–H groups in total. The summed E-state index contributed by atoms with van der Waals surface area (Å²) in [6.07, 6.45) is 58.8. The molecule has 68 heavy (non-hydrogen) atoms. The molecule has 0 aliphatic carbocycles. The summed E-state index contributed by atoms with van der Waals surface area (Å²) in [6, 6.07) is 0. The van der Waals surface area contributed by atoms with Gasteiger partial charge in [-0.05, 0) is 38.5 Å². The molecule has 0 bridgehead atoms. The molecule has 0 rings (SSSR count). The first kappa shape index (κ1) is 66.8. The molecule has 0 heterocycles. The lowest BCUT2D eigenvalue weighted by atomic mass is 10.0. The summed E-state index contributed by atoms with van der Waals surface area (Å²) in [4.78, 5) is 35.6.